The molecule has 1 aliphatic heterocycles. The van der Waals surface area contributed by atoms with Crippen molar-refractivity contribution in [2.24, 2.45) is 0 Å². The first kappa shape index (κ1) is 10.4. The van der Waals surface area contributed by atoms with Gasteiger partial charge in [-0.15, -0.1) is 0 Å². The molecule has 0 N–H and O–H groups in total. The minimum Gasteiger partial charge on any atom is -0.0888 e. The second kappa shape index (κ2) is 4.64. The fraction of sp³-hybridized carbons (Fsp3) is 0. The van der Waals surface area contributed by atoms with Crippen molar-refractivity contribution in [3.8, 4) is 0 Å². The Morgan fingerprint density at radius 3 is 2.41 bits per heavy atom. The van der Waals surface area contributed by atoms with Gasteiger partial charge in [0.15, 0.2) is 0 Å². The third-order valence-electron chi connectivity index (χ3n) is 2.72. The summed E-state index contributed by atoms with van der Waals surface area (Å²) in [5.74, 6) is 0. The van der Waals surface area contributed by atoms with Crippen molar-refractivity contribution in [2.45, 2.75) is 4.90 Å². The Bertz CT molecular complexity index is 579. The summed E-state index contributed by atoms with van der Waals surface area (Å²) in [5, 5.41) is 0. The van der Waals surface area contributed by atoms with E-state index in [1.807, 2.05) is 11.8 Å². The molecule has 0 saturated carbocycles. The number of benzene rings is 2. The Morgan fingerprint density at radius 2 is 1.53 bits per heavy atom. The number of rotatable bonds is 1. The Morgan fingerprint density at radius 1 is 0.765 bits per heavy atom. The Labute approximate surface area is 106 Å². The third-order valence-corrected chi connectivity index (χ3v) is 3.90. The van der Waals surface area contributed by atoms with E-state index in [0.717, 1.165) is 0 Å². The second-order valence-corrected chi connectivity index (χ2v) is 4.98. The van der Waals surface area contributed by atoms with Gasteiger partial charge in [-0.05, 0) is 23.3 Å². The number of thioether (sulfide) groups is 1. The molecule has 1 aliphatic rings. The molecule has 0 spiro atoms. The van der Waals surface area contributed by atoms with Crippen molar-refractivity contribution in [1.29, 1.82) is 0 Å². The molecule has 0 fully saturated rings. The van der Waals surface area contributed by atoms with Gasteiger partial charge < -0.3 is 0 Å². The fourth-order valence-electron chi connectivity index (χ4n) is 1.86. The van der Waals surface area contributed by atoms with Gasteiger partial charge in [0, 0.05) is 9.80 Å². The van der Waals surface area contributed by atoms with Crippen LogP contribution in [-0.2, 0) is 0 Å². The minimum atomic E-state index is 1.28. The summed E-state index contributed by atoms with van der Waals surface area (Å²) in [5.41, 5.74) is 2.57. The largest absolute Gasteiger partial charge is 0.0888 e. The Hall–Kier alpha value is -1.73. The molecule has 2 aromatic rings. The number of allylic oxidation sites excluding steroid dienone is 2. The van der Waals surface area contributed by atoms with E-state index < -0.39 is 0 Å². The molecule has 0 aliphatic carbocycles. The molecule has 0 amide bonds. The maximum absolute atomic E-state index is 2.18. The lowest BCUT2D eigenvalue weighted by molar-refractivity contribution is 1.43. The SMILES string of the molecule is C1=Cc2ccccc2SC(c2ccccc2)=C1. The van der Waals surface area contributed by atoms with Gasteiger partial charge in [-0.3, -0.25) is 0 Å². The van der Waals surface area contributed by atoms with Crippen molar-refractivity contribution >= 4 is 22.7 Å². The van der Waals surface area contributed by atoms with Crippen molar-refractivity contribution in [3.05, 3.63) is 77.9 Å². The highest BCUT2D eigenvalue weighted by molar-refractivity contribution is 8.08. The Balaban J connectivity index is 2.02. The quantitative estimate of drug-likeness (QED) is 0.682. The first-order valence-corrected chi connectivity index (χ1v) is 6.46. The van der Waals surface area contributed by atoms with E-state index in [1.54, 1.807) is 0 Å². The molecule has 0 unspecified atom stereocenters. The van der Waals surface area contributed by atoms with Gasteiger partial charge in [-0.25, -0.2) is 0 Å². The van der Waals surface area contributed by atoms with Crippen LogP contribution in [0.4, 0.5) is 0 Å². The highest BCUT2D eigenvalue weighted by Gasteiger charge is 2.08. The van der Waals surface area contributed by atoms with Crippen molar-refractivity contribution < 1.29 is 0 Å². The van der Waals surface area contributed by atoms with Crippen LogP contribution in [0.25, 0.3) is 11.0 Å². The summed E-state index contributed by atoms with van der Waals surface area (Å²) in [7, 11) is 0. The van der Waals surface area contributed by atoms with Gasteiger partial charge in [-0.2, -0.15) is 0 Å². The zero-order chi connectivity index (χ0) is 11.5. The second-order valence-electron chi connectivity index (χ2n) is 3.90. The monoisotopic (exact) mass is 236 g/mol. The van der Waals surface area contributed by atoms with Gasteiger partial charge >= 0.3 is 0 Å². The molecule has 0 radical (unpaired) electrons. The van der Waals surface area contributed by atoms with E-state index in [1.165, 1.54) is 20.9 Å². The topological polar surface area (TPSA) is 0 Å². The van der Waals surface area contributed by atoms with Crippen LogP contribution in [0.1, 0.15) is 11.1 Å². The first-order valence-electron chi connectivity index (χ1n) is 5.64. The summed E-state index contributed by atoms with van der Waals surface area (Å²) in [4.78, 5) is 2.61. The number of hydrogen-bond donors (Lipinski definition) is 0. The van der Waals surface area contributed by atoms with Gasteiger partial charge in [0.25, 0.3) is 0 Å². The summed E-state index contributed by atoms with van der Waals surface area (Å²) in [6.07, 6.45) is 6.47. The molecule has 3 rings (SSSR count). The van der Waals surface area contributed by atoms with Gasteiger partial charge in [-0.1, -0.05) is 72.4 Å². The van der Waals surface area contributed by atoms with Crippen LogP contribution in [0.2, 0.25) is 0 Å². The summed E-state index contributed by atoms with van der Waals surface area (Å²) >= 11 is 1.83. The maximum atomic E-state index is 2.18. The molecular formula is C16H12S. The van der Waals surface area contributed by atoms with Crippen molar-refractivity contribution in [3.63, 3.8) is 0 Å². The van der Waals surface area contributed by atoms with Gasteiger partial charge in [0.1, 0.15) is 0 Å². The molecule has 17 heavy (non-hydrogen) atoms. The third kappa shape index (κ3) is 2.20. The van der Waals surface area contributed by atoms with Crippen LogP contribution in [0, 0.1) is 0 Å². The molecule has 0 bridgehead atoms. The standard InChI is InChI=1S/C16H12S/c1-2-7-13(8-3-1)16-12-6-10-14-9-4-5-11-15(14)17-16/h1-12H. The zero-order valence-electron chi connectivity index (χ0n) is 9.34. The van der Waals surface area contributed by atoms with Crippen LogP contribution in [0.3, 0.4) is 0 Å². The lowest BCUT2D eigenvalue weighted by Gasteiger charge is -2.07. The predicted molar refractivity (Wildman–Crippen MR) is 75.8 cm³/mol. The maximum Gasteiger partial charge on any atom is 0.0195 e. The molecular weight excluding hydrogens is 224 g/mol. The minimum absolute atomic E-state index is 1.28. The highest BCUT2D eigenvalue weighted by Crippen LogP contribution is 2.38. The van der Waals surface area contributed by atoms with Crippen molar-refractivity contribution in [1.82, 2.24) is 0 Å². The number of fused-ring (bicyclic) bond motifs is 1. The Kier molecular flexibility index (Phi) is 2.85. The van der Waals surface area contributed by atoms with Gasteiger partial charge in [0.05, 0.1) is 0 Å². The fourth-order valence-corrected chi connectivity index (χ4v) is 2.90. The van der Waals surface area contributed by atoms with Crippen LogP contribution < -0.4 is 0 Å². The lowest BCUT2D eigenvalue weighted by Crippen LogP contribution is -1.80. The summed E-state index contributed by atoms with van der Waals surface area (Å²) < 4.78 is 0. The summed E-state index contributed by atoms with van der Waals surface area (Å²) in [6, 6.07) is 19.0. The van der Waals surface area contributed by atoms with Crippen LogP contribution in [0.5, 0.6) is 0 Å². The molecule has 0 nitrogen and oxygen atoms in total. The predicted octanol–water partition coefficient (Wildman–Crippen LogP) is 4.85. The molecule has 0 saturated heterocycles. The van der Waals surface area contributed by atoms with E-state index in [9.17, 15) is 0 Å². The first-order chi connectivity index (χ1) is 8.43. The van der Waals surface area contributed by atoms with Crippen molar-refractivity contribution in [2.75, 3.05) is 0 Å². The average molecular weight is 236 g/mol. The van der Waals surface area contributed by atoms with Crippen LogP contribution >= 0.6 is 11.8 Å². The van der Waals surface area contributed by atoms with E-state index in [4.69, 9.17) is 0 Å². The average Bonchev–Trinajstić information content (AvgIpc) is 2.62. The zero-order valence-corrected chi connectivity index (χ0v) is 10.2. The summed E-state index contributed by atoms with van der Waals surface area (Å²) in [6.45, 7) is 0. The highest BCUT2D eigenvalue weighted by atomic mass is 32.2. The molecule has 1 heterocycles. The molecule has 82 valence electrons. The number of hydrogen-bond acceptors (Lipinski definition) is 1. The van der Waals surface area contributed by atoms with E-state index in [-0.39, 0.29) is 0 Å². The van der Waals surface area contributed by atoms with E-state index in [2.05, 4.69) is 72.8 Å². The van der Waals surface area contributed by atoms with Crippen LogP contribution in [-0.4, -0.2) is 0 Å². The lowest BCUT2D eigenvalue weighted by atomic mass is 10.2. The smallest absolute Gasteiger partial charge is 0.0195 e. The van der Waals surface area contributed by atoms with E-state index in [0.29, 0.717) is 0 Å². The molecule has 1 heteroatoms. The normalized spacial score (nSPS) is 13.8. The molecule has 0 aromatic heterocycles. The molecule has 2 aromatic carbocycles. The molecule has 0 atom stereocenters. The van der Waals surface area contributed by atoms with Gasteiger partial charge in [0.2, 0.25) is 0 Å². The van der Waals surface area contributed by atoms with E-state index >= 15 is 0 Å². The van der Waals surface area contributed by atoms with Crippen LogP contribution in [0.15, 0.2) is 71.6 Å².